The molecule has 23 heavy (non-hydrogen) atoms. The minimum absolute atomic E-state index is 0.548. The van der Waals surface area contributed by atoms with Gasteiger partial charge in [0.2, 0.25) is 0 Å². The van der Waals surface area contributed by atoms with Crippen LogP contribution in [0.25, 0.3) is 11.1 Å². The van der Waals surface area contributed by atoms with Gasteiger partial charge >= 0.3 is 0 Å². The van der Waals surface area contributed by atoms with Gasteiger partial charge in [-0.25, -0.2) is 4.98 Å². The number of hydrogen-bond donors (Lipinski definition) is 1. The van der Waals surface area contributed by atoms with Gasteiger partial charge in [0.05, 0.1) is 5.69 Å². The SMILES string of the molecule is CCCN1CCN(CCCNc2ncnc3onc(C)c23)CC1. The molecule has 0 unspecified atom stereocenters. The summed E-state index contributed by atoms with van der Waals surface area (Å²) in [6.07, 6.45) is 3.87. The summed E-state index contributed by atoms with van der Waals surface area (Å²) < 4.78 is 5.17. The second kappa shape index (κ2) is 7.70. The lowest BCUT2D eigenvalue weighted by atomic mass is 10.2. The summed E-state index contributed by atoms with van der Waals surface area (Å²) in [5.74, 6) is 0.821. The van der Waals surface area contributed by atoms with Gasteiger partial charge in [0.25, 0.3) is 5.71 Å². The molecule has 3 rings (SSSR count). The third-order valence-corrected chi connectivity index (χ3v) is 4.39. The van der Waals surface area contributed by atoms with Crippen molar-refractivity contribution < 1.29 is 4.52 Å². The Morgan fingerprint density at radius 2 is 1.87 bits per heavy atom. The normalized spacial score (nSPS) is 17.0. The van der Waals surface area contributed by atoms with Crippen LogP contribution in [0.15, 0.2) is 10.9 Å². The second-order valence-corrected chi connectivity index (χ2v) is 6.13. The maximum atomic E-state index is 5.17. The van der Waals surface area contributed by atoms with Crippen molar-refractivity contribution in [2.24, 2.45) is 0 Å². The summed E-state index contributed by atoms with van der Waals surface area (Å²) in [4.78, 5) is 13.5. The second-order valence-electron chi connectivity index (χ2n) is 6.13. The Hall–Kier alpha value is -1.73. The number of rotatable bonds is 7. The molecular formula is C16H26N6O. The molecule has 0 radical (unpaired) electrons. The van der Waals surface area contributed by atoms with E-state index in [4.69, 9.17) is 4.52 Å². The number of nitrogens with one attached hydrogen (secondary N) is 1. The number of anilines is 1. The van der Waals surface area contributed by atoms with E-state index < -0.39 is 0 Å². The maximum absolute atomic E-state index is 5.17. The molecule has 0 atom stereocenters. The predicted molar refractivity (Wildman–Crippen MR) is 90.6 cm³/mol. The molecule has 1 N–H and O–H groups in total. The summed E-state index contributed by atoms with van der Waals surface area (Å²) >= 11 is 0. The lowest BCUT2D eigenvalue weighted by molar-refractivity contribution is 0.132. The van der Waals surface area contributed by atoms with E-state index in [9.17, 15) is 0 Å². The first-order valence-electron chi connectivity index (χ1n) is 8.53. The lowest BCUT2D eigenvalue weighted by Gasteiger charge is -2.34. The zero-order valence-corrected chi connectivity index (χ0v) is 14.1. The van der Waals surface area contributed by atoms with Gasteiger partial charge in [-0.05, 0) is 32.9 Å². The Bertz CT molecular complexity index is 620. The average Bonchev–Trinajstić information content (AvgIpc) is 2.96. The highest BCUT2D eigenvalue weighted by Crippen LogP contribution is 2.22. The number of aryl methyl sites for hydroxylation is 1. The van der Waals surface area contributed by atoms with Gasteiger partial charge in [0.15, 0.2) is 0 Å². The summed E-state index contributed by atoms with van der Waals surface area (Å²) in [5.41, 5.74) is 1.38. The van der Waals surface area contributed by atoms with Crippen molar-refractivity contribution in [3.8, 4) is 0 Å². The highest BCUT2D eigenvalue weighted by Gasteiger charge is 2.15. The van der Waals surface area contributed by atoms with Crippen molar-refractivity contribution >= 4 is 16.9 Å². The van der Waals surface area contributed by atoms with E-state index in [0.29, 0.717) is 5.71 Å². The first-order valence-corrected chi connectivity index (χ1v) is 8.53. The van der Waals surface area contributed by atoms with E-state index in [1.165, 1.54) is 45.5 Å². The Labute approximate surface area is 137 Å². The smallest absolute Gasteiger partial charge is 0.263 e. The Kier molecular flexibility index (Phi) is 5.40. The van der Waals surface area contributed by atoms with Crippen molar-refractivity contribution in [1.29, 1.82) is 0 Å². The maximum Gasteiger partial charge on any atom is 0.263 e. The molecular weight excluding hydrogens is 292 g/mol. The van der Waals surface area contributed by atoms with Crippen LogP contribution in [-0.4, -0.2) is 70.7 Å². The fourth-order valence-electron chi connectivity index (χ4n) is 3.12. The number of hydrogen-bond acceptors (Lipinski definition) is 7. The van der Waals surface area contributed by atoms with Gasteiger partial charge in [0, 0.05) is 32.7 Å². The fourth-order valence-corrected chi connectivity index (χ4v) is 3.12. The molecule has 0 aromatic carbocycles. The minimum atomic E-state index is 0.548. The number of fused-ring (bicyclic) bond motifs is 1. The van der Waals surface area contributed by atoms with Gasteiger partial charge < -0.3 is 19.6 Å². The number of nitrogens with zero attached hydrogens (tertiary/aromatic N) is 5. The van der Waals surface area contributed by atoms with Crippen LogP contribution in [0.2, 0.25) is 0 Å². The lowest BCUT2D eigenvalue weighted by Crippen LogP contribution is -2.46. The van der Waals surface area contributed by atoms with Crippen molar-refractivity contribution in [2.45, 2.75) is 26.7 Å². The standard InChI is InChI=1S/C16H26N6O/c1-3-6-21-8-10-22(11-9-21)7-4-5-17-15-14-13(2)20-23-16(14)19-12-18-15/h12H,3-11H2,1-2H3,(H,17,18,19). The summed E-state index contributed by atoms with van der Waals surface area (Å²) in [7, 11) is 0. The van der Waals surface area contributed by atoms with Gasteiger partial charge in [-0.2, -0.15) is 4.98 Å². The van der Waals surface area contributed by atoms with Crippen molar-refractivity contribution in [1.82, 2.24) is 24.9 Å². The van der Waals surface area contributed by atoms with Gasteiger partial charge in [-0.15, -0.1) is 0 Å². The molecule has 2 aromatic heterocycles. The molecule has 1 fully saturated rings. The predicted octanol–water partition coefficient (Wildman–Crippen LogP) is 1.76. The van der Waals surface area contributed by atoms with E-state index in [0.717, 1.165) is 36.4 Å². The molecule has 7 nitrogen and oxygen atoms in total. The number of piperazine rings is 1. The molecule has 0 amide bonds. The summed E-state index contributed by atoms with van der Waals surface area (Å²) in [5, 5.41) is 8.23. The first-order chi connectivity index (χ1) is 11.3. The van der Waals surface area contributed by atoms with Crippen LogP contribution in [0.5, 0.6) is 0 Å². The molecule has 0 saturated carbocycles. The number of aromatic nitrogens is 3. The molecule has 1 aliphatic rings. The average molecular weight is 318 g/mol. The van der Waals surface area contributed by atoms with E-state index in [1.54, 1.807) is 0 Å². The van der Waals surface area contributed by atoms with Crippen LogP contribution in [0.4, 0.5) is 5.82 Å². The van der Waals surface area contributed by atoms with Gasteiger partial charge in [-0.3, -0.25) is 0 Å². The molecule has 2 aromatic rings. The van der Waals surface area contributed by atoms with Crippen LogP contribution < -0.4 is 5.32 Å². The van der Waals surface area contributed by atoms with Crippen molar-refractivity contribution in [3.63, 3.8) is 0 Å². The van der Waals surface area contributed by atoms with Crippen LogP contribution in [0, 0.1) is 6.92 Å². The zero-order valence-electron chi connectivity index (χ0n) is 14.1. The summed E-state index contributed by atoms with van der Waals surface area (Å²) in [6.45, 7) is 12.2. The molecule has 0 bridgehead atoms. The monoisotopic (exact) mass is 318 g/mol. The summed E-state index contributed by atoms with van der Waals surface area (Å²) in [6, 6.07) is 0. The molecule has 0 aliphatic carbocycles. The van der Waals surface area contributed by atoms with E-state index in [2.05, 4.69) is 37.2 Å². The molecule has 1 saturated heterocycles. The Morgan fingerprint density at radius 1 is 1.13 bits per heavy atom. The van der Waals surface area contributed by atoms with Crippen LogP contribution >= 0.6 is 0 Å². The van der Waals surface area contributed by atoms with Crippen molar-refractivity contribution in [2.75, 3.05) is 51.1 Å². The van der Waals surface area contributed by atoms with E-state index in [1.807, 2.05) is 6.92 Å². The van der Waals surface area contributed by atoms with Crippen molar-refractivity contribution in [3.05, 3.63) is 12.0 Å². The fraction of sp³-hybridized carbons (Fsp3) is 0.688. The molecule has 3 heterocycles. The third kappa shape index (κ3) is 3.97. The first kappa shape index (κ1) is 16.1. The van der Waals surface area contributed by atoms with Crippen LogP contribution in [0.3, 0.4) is 0 Å². The molecule has 126 valence electrons. The Balaban J connectivity index is 1.42. The van der Waals surface area contributed by atoms with Gasteiger partial charge in [0.1, 0.15) is 17.5 Å². The molecule has 7 heteroatoms. The quantitative estimate of drug-likeness (QED) is 0.780. The topological polar surface area (TPSA) is 70.3 Å². The van der Waals surface area contributed by atoms with E-state index in [-0.39, 0.29) is 0 Å². The highest BCUT2D eigenvalue weighted by atomic mass is 16.5. The van der Waals surface area contributed by atoms with Crippen LogP contribution in [0.1, 0.15) is 25.5 Å². The molecule has 0 spiro atoms. The minimum Gasteiger partial charge on any atom is -0.369 e. The van der Waals surface area contributed by atoms with Crippen LogP contribution in [-0.2, 0) is 0 Å². The third-order valence-electron chi connectivity index (χ3n) is 4.39. The zero-order chi connectivity index (χ0) is 16.1. The van der Waals surface area contributed by atoms with E-state index >= 15 is 0 Å². The Morgan fingerprint density at radius 3 is 2.61 bits per heavy atom. The van der Waals surface area contributed by atoms with Gasteiger partial charge in [-0.1, -0.05) is 12.1 Å². The molecule has 1 aliphatic heterocycles. The largest absolute Gasteiger partial charge is 0.369 e. The highest BCUT2D eigenvalue weighted by molar-refractivity contribution is 5.87.